The topological polar surface area (TPSA) is 97.0 Å². The summed E-state index contributed by atoms with van der Waals surface area (Å²) in [5.74, 6) is -0.222. The van der Waals surface area contributed by atoms with Gasteiger partial charge in [-0.05, 0) is 36.8 Å². The molecule has 156 valence electrons. The first-order chi connectivity index (χ1) is 14.2. The van der Waals surface area contributed by atoms with Crippen LogP contribution in [-0.2, 0) is 15.1 Å². The molecule has 4 amide bonds. The number of benzene rings is 2. The second-order valence-electron chi connectivity index (χ2n) is 6.81. The Bertz CT molecular complexity index is 1070. The van der Waals surface area contributed by atoms with E-state index in [1.807, 2.05) is 0 Å². The minimum atomic E-state index is -1.37. The van der Waals surface area contributed by atoms with Crippen LogP contribution in [0.5, 0.6) is 11.5 Å². The van der Waals surface area contributed by atoms with Crippen LogP contribution in [0, 0.1) is 0 Å². The standard InChI is InChI=1S/C19H14Cl3N3O5/c1-19(9-2-3-13-14(4-9)30-8-29-13)17(27)25(18(28)24-19)7-15(26)23-16-11(21)5-10(20)6-12(16)22/h2-6H,7-8H2,1H3,(H,23,26)(H,24,28). The highest BCUT2D eigenvalue weighted by atomic mass is 35.5. The summed E-state index contributed by atoms with van der Waals surface area (Å²) in [6.45, 7) is 1.10. The van der Waals surface area contributed by atoms with Gasteiger partial charge >= 0.3 is 6.03 Å². The molecule has 1 atom stereocenters. The van der Waals surface area contributed by atoms with Crippen LogP contribution in [-0.4, -0.2) is 36.1 Å². The fourth-order valence-corrected chi connectivity index (χ4v) is 4.14. The van der Waals surface area contributed by atoms with Gasteiger partial charge in [0.05, 0.1) is 15.7 Å². The van der Waals surface area contributed by atoms with Crippen LogP contribution in [0.3, 0.4) is 0 Å². The Morgan fingerprint density at radius 3 is 2.50 bits per heavy atom. The van der Waals surface area contributed by atoms with Crippen molar-refractivity contribution in [3.63, 3.8) is 0 Å². The van der Waals surface area contributed by atoms with Gasteiger partial charge in [0, 0.05) is 5.02 Å². The van der Waals surface area contributed by atoms with Gasteiger partial charge in [0.1, 0.15) is 12.1 Å². The highest BCUT2D eigenvalue weighted by Gasteiger charge is 2.50. The second kappa shape index (κ2) is 7.54. The van der Waals surface area contributed by atoms with Gasteiger partial charge in [0.15, 0.2) is 11.5 Å². The Kier molecular flexibility index (Phi) is 5.17. The van der Waals surface area contributed by atoms with Gasteiger partial charge in [-0.3, -0.25) is 14.5 Å². The van der Waals surface area contributed by atoms with Crippen molar-refractivity contribution in [2.75, 3.05) is 18.7 Å². The molecule has 4 rings (SSSR count). The van der Waals surface area contributed by atoms with E-state index in [1.165, 1.54) is 12.1 Å². The first-order valence-electron chi connectivity index (χ1n) is 8.67. The predicted octanol–water partition coefficient (Wildman–Crippen LogP) is 3.78. The third-order valence-electron chi connectivity index (χ3n) is 4.80. The molecule has 11 heteroatoms. The van der Waals surface area contributed by atoms with Crippen molar-refractivity contribution in [1.29, 1.82) is 0 Å². The lowest BCUT2D eigenvalue weighted by molar-refractivity contribution is -0.133. The number of carbonyl (C=O) groups is 3. The number of hydrogen-bond acceptors (Lipinski definition) is 5. The van der Waals surface area contributed by atoms with Crippen LogP contribution < -0.4 is 20.1 Å². The molecule has 2 aromatic rings. The summed E-state index contributed by atoms with van der Waals surface area (Å²) in [4.78, 5) is 38.8. The van der Waals surface area contributed by atoms with E-state index in [0.29, 0.717) is 22.1 Å². The summed E-state index contributed by atoms with van der Waals surface area (Å²) in [6.07, 6.45) is 0. The quantitative estimate of drug-likeness (QED) is 0.663. The number of hydrogen-bond donors (Lipinski definition) is 2. The molecule has 2 aromatic carbocycles. The Balaban J connectivity index is 1.52. The fraction of sp³-hybridized carbons (Fsp3) is 0.211. The van der Waals surface area contributed by atoms with Gasteiger partial charge in [0.25, 0.3) is 5.91 Å². The third kappa shape index (κ3) is 3.51. The van der Waals surface area contributed by atoms with E-state index in [2.05, 4.69) is 10.6 Å². The normalized spacial score (nSPS) is 19.8. The molecule has 2 N–H and O–H groups in total. The number of nitrogens with zero attached hydrogens (tertiary/aromatic N) is 1. The number of imide groups is 1. The summed E-state index contributed by atoms with van der Waals surface area (Å²) in [6, 6.07) is 7.05. The van der Waals surface area contributed by atoms with Crippen molar-refractivity contribution in [3.8, 4) is 11.5 Å². The Morgan fingerprint density at radius 2 is 1.80 bits per heavy atom. The zero-order valence-corrected chi connectivity index (χ0v) is 17.7. The van der Waals surface area contributed by atoms with E-state index < -0.39 is 29.9 Å². The van der Waals surface area contributed by atoms with E-state index in [0.717, 1.165) is 4.90 Å². The number of amides is 4. The molecule has 30 heavy (non-hydrogen) atoms. The molecule has 0 aliphatic carbocycles. The van der Waals surface area contributed by atoms with Crippen LogP contribution >= 0.6 is 34.8 Å². The number of ether oxygens (including phenoxy) is 2. The third-order valence-corrected chi connectivity index (χ3v) is 5.61. The SMILES string of the molecule is CC1(c2ccc3c(c2)OCO3)NC(=O)N(CC(=O)Nc2c(Cl)cc(Cl)cc2Cl)C1=O. The lowest BCUT2D eigenvalue weighted by atomic mass is 9.91. The van der Waals surface area contributed by atoms with Crippen LogP contribution in [0.4, 0.5) is 10.5 Å². The highest BCUT2D eigenvalue weighted by Crippen LogP contribution is 2.38. The van der Waals surface area contributed by atoms with Crippen molar-refractivity contribution in [2.45, 2.75) is 12.5 Å². The average Bonchev–Trinajstić information content (AvgIpc) is 3.23. The molecule has 0 spiro atoms. The van der Waals surface area contributed by atoms with Crippen LogP contribution in [0.15, 0.2) is 30.3 Å². The lowest BCUT2D eigenvalue weighted by Crippen LogP contribution is -2.42. The summed E-state index contributed by atoms with van der Waals surface area (Å²) < 4.78 is 10.6. The number of nitrogens with one attached hydrogen (secondary N) is 2. The van der Waals surface area contributed by atoms with Crippen molar-refractivity contribution >= 4 is 58.3 Å². The van der Waals surface area contributed by atoms with Gasteiger partial charge < -0.3 is 20.1 Å². The zero-order valence-electron chi connectivity index (χ0n) is 15.4. The Morgan fingerprint density at radius 1 is 1.13 bits per heavy atom. The minimum absolute atomic E-state index is 0.0813. The first-order valence-corrected chi connectivity index (χ1v) is 9.81. The molecular formula is C19H14Cl3N3O5. The molecule has 2 aliphatic rings. The minimum Gasteiger partial charge on any atom is -0.454 e. The molecule has 0 saturated carbocycles. The molecule has 2 aliphatic heterocycles. The van der Waals surface area contributed by atoms with E-state index in [-0.39, 0.29) is 22.5 Å². The second-order valence-corrected chi connectivity index (χ2v) is 8.06. The van der Waals surface area contributed by atoms with Crippen molar-refractivity contribution < 1.29 is 23.9 Å². The lowest BCUT2D eigenvalue weighted by Gasteiger charge is -2.22. The van der Waals surface area contributed by atoms with Gasteiger partial charge in [-0.15, -0.1) is 0 Å². The van der Waals surface area contributed by atoms with Gasteiger partial charge in [-0.25, -0.2) is 4.79 Å². The van der Waals surface area contributed by atoms with Crippen LogP contribution in [0.2, 0.25) is 15.1 Å². The van der Waals surface area contributed by atoms with E-state index in [9.17, 15) is 14.4 Å². The highest BCUT2D eigenvalue weighted by molar-refractivity contribution is 6.42. The largest absolute Gasteiger partial charge is 0.454 e. The fourth-order valence-electron chi connectivity index (χ4n) is 3.23. The molecule has 8 nitrogen and oxygen atoms in total. The molecule has 1 fully saturated rings. The summed E-state index contributed by atoms with van der Waals surface area (Å²) in [7, 11) is 0. The predicted molar refractivity (Wildman–Crippen MR) is 110 cm³/mol. The number of anilines is 1. The molecular weight excluding hydrogens is 457 g/mol. The number of fused-ring (bicyclic) bond motifs is 1. The first kappa shape index (κ1) is 20.6. The molecule has 1 saturated heterocycles. The number of halogens is 3. The average molecular weight is 471 g/mol. The van der Waals surface area contributed by atoms with Gasteiger partial charge in [-0.2, -0.15) is 0 Å². The van der Waals surface area contributed by atoms with E-state index in [1.54, 1.807) is 25.1 Å². The Labute approximate surface area is 186 Å². The van der Waals surface area contributed by atoms with Crippen molar-refractivity contribution in [1.82, 2.24) is 10.2 Å². The molecule has 2 heterocycles. The van der Waals surface area contributed by atoms with Crippen LogP contribution in [0.1, 0.15) is 12.5 Å². The number of carbonyl (C=O) groups excluding carboxylic acids is 3. The smallest absolute Gasteiger partial charge is 0.325 e. The summed E-state index contributed by atoms with van der Waals surface area (Å²) >= 11 is 18.0. The maximum atomic E-state index is 13.0. The monoisotopic (exact) mass is 469 g/mol. The maximum Gasteiger partial charge on any atom is 0.325 e. The summed E-state index contributed by atoms with van der Waals surface area (Å²) in [5, 5.41) is 5.69. The van der Waals surface area contributed by atoms with Crippen molar-refractivity contribution in [2.24, 2.45) is 0 Å². The molecule has 0 bridgehead atoms. The van der Waals surface area contributed by atoms with E-state index >= 15 is 0 Å². The Hall–Kier alpha value is -2.68. The maximum absolute atomic E-state index is 13.0. The van der Waals surface area contributed by atoms with Gasteiger partial charge in [0.2, 0.25) is 12.7 Å². The number of rotatable bonds is 4. The summed E-state index contributed by atoms with van der Waals surface area (Å²) in [5.41, 5.74) is -0.733. The zero-order chi connectivity index (χ0) is 21.6. The molecule has 0 aromatic heterocycles. The molecule has 1 unspecified atom stereocenters. The number of urea groups is 1. The molecule has 0 radical (unpaired) electrons. The van der Waals surface area contributed by atoms with E-state index in [4.69, 9.17) is 44.3 Å². The van der Waals surface area contributed by atoms with Crippen molar-refractivity contribution in [3.05, 3.63) is 51.0 Å². The van der Waals surface area contributed by atoms with Gasteiger partial charge in [-0.1, -0.05) is 40.9 Å². The van der Waals surface area contributed by atoms with Crippen LogP contribution in [0.25, 0.3) is 0 Å².